The highest BCUT2D eigenvalue weighted by molar-refractivity contribution is 5.54. The van der Waals surface area contributed by atoms with E-state index in [1.165, 1.54) is 18.2 Å². The second-order valence-electron chi connectivity index (χ2n) is 5.25. The molecule has 0 atom stereocenters. The van der Waals surface area contributed by atoms with Gasteiger partial charge in [-0.3, -0.25) is 10.1 Å². The standard InChI is InChI=1S/C16H15FN2O4/c17-13-3-1-2-11(6-13)4-5-18-9-12-7-15-16(23-10-22-15)8-14(12)19(20)21/h1-3,6-8,18H,4-5,9-10H2/p+1. The third-order valence-corrected chi connectivity index (χ3v) is 3.66. The van der Waals surface area contributed by atoms with Crippen molar-refractivity contribution >= 4 is 5.69 Å². The van der Waals surface area contributed by atoms with E-state index in [-0.39, 0.29) is 18.3 Å². The Balaban J connectivity index is 1.62. The van der Waals surface area contributed by atoms with Gasteiger partial charge in [0.25, 0.3) is 5.69 Å². The third-order valence-electron chi connectivity index (χ3n) is 3.66. The van der Waals surface area contributed by atoms with Crippen LogP contribution in [-0.2, 0) is 13.0 Å². The zero-order valence-corrected chi connectivity index (χ0v) is 12.3. The van der Waals surface area contributed by atoms with E-state index >= 15 is 0 Å². The molecule has 6 nitrogen and oxygen atoms in total. The van der Waals surface area contributed by atoms with Crippen molar-refractivity contribution in [2.24, 2.45) is 0 Å². The largest absolute Gasteiger partial charge is 0.454 e. The van der Waals surface area contributed by atoms with Gasteiger partial charge >= 0.3 is 0 Å². The number of quaternary nitrogens is 1. The minimum atomic E-state index is -0.419. The molecule has 1 heterocycles. The van der Waals surface area contributed by atoms with Crippen LogP contribution < -0.4 is 14.8 Å². The van der Waals surface area contributed by atoms with Gasteiger partial charge in [-0.25, -0.2) is 4.39 Å². The second kappa shape index (κ2) is 6.62. The number of benzene rings is 2. The maximum atomic E-state index is 13.1. The molecule has 23 heavy (non-hydrogen) atoms. The van der Waals surface area contributed by atoms with Gasteiger partial charge in [0, 0.05) is 6.42 Å². The number of halogens is 1. The van der Waals surface area contributed by atoms with E-state index in [2.05, 4.69) is 0 Å². The number of rotatable bonds is 6. The molecular weight excluding hydrogens is 303 g/mol. The van der Waals surface area contributed by atoms with Crippen molar-refractivity contribution in [1.82, 2.24) is 0 Å². The molecule has 2 aromatic carbocycles. The SMILES string of the molecule is O=[N+]([O-])c1cc2c(cc1C[NH2+]CCc1cccc(F)c1)OCO2. The maximum Gasteiger partial charge on any atom is 0.282 e. The Morgan fingerprint density at radius 3 is 2.74 bits per heavy atom. The van der Waals surface area contributed by atoms with Gasteiger partial charge in [-0.15, -0.1) is 0 Å². The van der Waals surface area contributed by atoms with Crippen molar-refractivity contribution in [2.45, 2.75) is 13.0 Å². The fourth-order valence-corrected chi connectivity index (χ4v) is 2.53. The number of nitro groups is 1. The van der Waals surface area contributed by atoms with Gasteiger partial charge in [-0.05, 0) is 23.8 Å². The lowest BCUT2D eigenvalue weighted by atomic mass is 10.1. The topological polar surface area (TPSA) is 78.2 Å². The molecule has 0 bridgehead atoms. The number of hydrogen-bond acceptors (Lipinski definition) is 4. The molecule has 1 aliphatic heterocycles. The quantitative estimate of drug-likeness (QED) is 0.500. The lowest BCUT2D eigenvalue weighted by Gasteiger charge is -2.05. The first-order chi connectivity index (χ1) is 11.1. The van der Waals surface area contributed by atoms with Gasteiger partial charge in [-0.1, -0.05) is 12.1 Å². The van der Waals surface area contributed by atoms with E-state index in [1.54, 1.807) is 12.1 Å². The monoisotopic (exact) mass is 319 g/mol. The molecule has 0 aromatic heterocycles. The van der Waals surface area contributed by atoms with Gasteiger partial charge in [0.2, 0.25) is 6.79 Å². The molecule has 120 valence electrons. The molecule has 0 amide bonds. The average molecular weight is 319 g/mol. The van der Waals surface area contributed by atoms with Gasteiger partial charge in [0.15, 0.2) is 11.5 Å². The van der Waals surface area contributed by atoms with E-state index in [0.717, 1.165) is 5.56 Å². The molecule has 0 unspecified atom stereocenters. The van der Waals surface area contributed by atoms with Crippen molar-refractivity contribution in [3.05, 3.63) is 63.5 Å². The molecule has 0 saturated carbocycles. The Bertz CT molecular complexity index is 736. The minimum Gasteiger partial charge on any atom is -0.454 e. The van der Waals surface area contributed by atoms with Crippen LogP contribution in [0.5, 0.6) is 11.5 Å². The van der Waals surface area contributed by atoms with Crippen LogP contribution in [0.4, 0.5) is 10.1 Å². The van der Waals surface area contributed by atoms with Crippen LogP contribution in [0.1, 0.15) is 11.1 Å². The van der Waals surface area contributed by atoms with E-state index in [9.17, 15) is 14.5 Å². The summed E-state index contributed by atoms with van der Waals surface area (Å²) >= 11 is 0. The fraction of sp³-hybridized carbons (Fsp3) is 0.250. The number of fused-ring (bicyclic) bond motifs is 1. The summed E-state index contributed by atoms with van der Waals surface area (Å²) < 4.78 is 23.5. The maximum absolute atomic E-state index is 13.1. The van der Waals surface area contributed by atoms with Gasteiger partial charge in [0.1, 0.15) is 12.4 Å². The number of nitro benzene ring substituents is 1. The Morgan fingerprint density at radius 1 is 1.22 bits per heavy atom. The predicted molar refractivity (Wildman–Crippen MR) is 79.8 cm³/mol. The zero-order chi connectivity index (χ0) is 16.2. The molecule has 1 aliphatic rings. The molecule has 0 saturated heterocycles. The van der Waals surface area contributed by atoms with Crippen molar-refractivity contribution in [3.63, 3.8) is 0 Å². The highest BCUT2D eigenvalue weighted by Gasteiger charge is 2.23. The summed E-state index contributed by atoms with van der Waals surface area (Å²) in [6.45, 7) is 1.23. The van der Waals surface area contributed by atoms with Crippen LogP contribution in [0, 0.1) is 15.9 Å². The average Bonchev–Trinajstić information content (AvgIpc) is 2.98. The summed E-state index contributed by atoms with van der Waals surface area (Å²) in [6, 6.07) is 9.49. The highest BCUT2D eigenvalue weighted by Crippen LogP contribution is 2.37. The summed E-state index contributed by atoms with van der Waals surface area (Å²) in [5.74, 6) is 0.679. The van der Waals surface area contributed by atoms with Crippen molar-refractivity contribution in [1.29, 1.82) is 0 Å². The van der Waals surface area contributed by atoms with Crippen LogP contribution >= 0.6 is 0 Å². The summed E-state index contributed by atoms with van der Waals surface area (Å²) in [6.07, 6.45) is 0.691. The van der Waals surface area contributed by atoms with Gasteiger partial charge in [0.05, 0.1) is 23.1 Å². The molecule has 0 spiro atoms. The molecule has 0 fully saturated rings. The van der Waals surface area contributed by atoms with Crippen LogP contribution in [0.3, 0.4) is 0 Å². The number of hydrogen-bond donors (Lipinski definition) is 1. The lowest BCUT2D eigenvalue weighted by Crippen LogP contribution is -2.83. The van der Waals surface area contributed by atoms with Gasteiger partial charge < -0.3 is 14.8 Å². The fourth-order valence-electron chi connectivity index (χ4n) is 2.53. The molecule has 0 radical (unpaired) electrons. The van der Waals surface area contributed by atoms with Crippen LogP contribution in [0.15, 0.2) is 36.4 Å². The molecule has 7 heteroatoms. The first-order valence-electron chi connectivity index (χ1n) is 7.26. The van der Waals surface area contributed by atoms with Crippen molar-refractivity contribution in [3.8, 4) is 11.5 Å². The highest BCUT2D eigenvalue weighted by atomic mass is 19.1. The normalized spacial score (nSPS) is 12.4. The molecule has 2 aromatic rings. The molecule has 2 N–H and O–H groups in total. The Labute approximate surface area is 132 Å². The van der Waals surface area contributed by atoms with Crippen molar-refractivity contribution < 1.29 is 24.1 Å². The van der Waals surface area contributed by atoms with E-state index < -0.39 is 4.92 Å². The Morgan fingerprint density at radius 2 is 2.00 bits per heavy atom. The van der Waals surface area contributed by atoms with E-state index in [4.69, 9.17) is 9.47 Å². The summed E-state index contributed by atoms with van der Waals surface area (Å²) in [7, 11) is 0. The molecule has 0 aliphatic carbocycles. The number of nitrogens with two attached hydrogens (primary N) is 1. The van der Waals surface area contributed by atoms with Crippen LogP contribution in [0.2, 0.25) is 0 Å². The van der Waals surface area contributed by atoms with Gasteiger partial charge in [-0.2, -0.15) is 0 Å². The summed E-state index contributed by atoms with van der Waals surface area (Å²) in [5.41, 5.74) is 1.51. The number of ether oxygens (including phenoxy) is 2. The predicted octanol–water partition coefficient (Wildman–Crippen LogP) is 1.77. The smallest absolute Gasteiger partial charge is 0.282 e. The van der Waals surface area contributed by atoms with Crippen LogP contribution in [0.25, 0.3) is 0 Å². The Kier molecular flexibility index (Phi) is 4.38. The Hall–Kier alpha value is -2.67. The summed E-state index contributed by atoms with van der Waals surface area (Å²) in [4.78, 5) is 10.7. The number of nitrogens with zero attached hydrogens (tertiary/aromatic N) is 1. The van der Waals surface area contributed by atoms with E-state index in [1.807, 2.05) is 11.4 Å². The second-order valence-corrected chi connectivity index (χ2v) is 5.25. The zero-order valence-electron chi connectivity index (χ0n) is 12.3. The first kappa shape index (κ1) is 15.2. The summed E-state index contributed by atoms with van der Waals surface area (Å²) in [5, 5.41) is 13.1. The van der Waals surface area contributed by atoms with Crippen molar-refractivity contribution in [2.75, 3.05) is 13.3 Å². The molecule has 3 rings (SSSR count). The first-order valence-corrected chi connectivity index (χ1v) is 7.26. The van der Waals surface area contributed by atoms with E-state index in [0.29, 0.717) is 36.6 Å². The molecular formula is C16H16FN2O4+. The third kappa shape index (κ3) is 3.57. The minimum absolute atomic E-state index is 0.0243. The van der Waals surface area contributed by atoms with Crippen LogP contribution in [-0.4, -0.2) is 18.3 Å². The lowest BCUT2D eigenvalue weighted by molar-refractivity contribution is -0.670.